The quantitative estimate of drug-likeness (QED) is 0.893. The van der Waals surface area contributed by atoms with E-state index in [4.69, 9.17) is 5.73 Å². The Bertz CT molecular complexity index is 637. The van der Waals surface area contributed by atoms with Gasteiger partial charge in [0.05, 0.1) is 10.6 Å². The van der Waals surface area contributed by atoms with Crippen molar-refractivity contribution in [3.63, 3.8) is 0 Å². The number of sulfonamides is 1. The van der Waals surface area contributed by atoms with Crippen LogP contribution in [0.2, 0.25) is 0 Å². The second-order valence-corrected chi connectivity index (χ2v) is 5.88. The van der Waals surface area contributed by atoms with Gasteiger partial charge in [0.1, 0.15) is 0 Å². The van der Waals surface area contributed by atoms with Crippen LogP contribution in [0.5, 0.6) is 0 Å². The molecule has 0 radical (unpaired) electrons. The van der Waals surface area contributed by atoms with Gasteiger partial charge in [0.15, 0.2) is 0 Å². The minimum absolute atomic E-state index is 0.120. The van der Waals surface area contributed by atoms with Crippen LogP contribution in [0, 0.1) is 0 Å². The lowest BCUT2D eigenvalue weighted by molar-refractivity contribution is 0.601. The third-order valence-electron chi connectivity index (χ3n) is 2.65. The second-order valence-electron chi connectivity index (χ2n) is 4.20. The van der Waals surface area contributed by atoms with Gasteiger partial charge in [-0.1, -0.05) is 12.1 Å². The van der Waals surface area contributed by atoms with Crippen LogP contribution in [-0.4, -0.2) is 13.4 Å². The number of aromatic nitrogens is 1. The average Bonchev–Trinajstić information content (AvgIpc) is 2.39. The Balaban J connectivity index is 2.25. The Morgan fingerprint density at radius 1 is 1.11 bits per heavy atom. The number of nitrogens with zero attached hydrogens (tertiary/aromatic N) is 1. The molecule has 0 aliphatic rings. The summed E-state index contributed by atoms with van der Waals surface area (Å²) in [7, 11) is -3.57. The fraction of sp³-hybridized carbons (Fsp3) is 0.154. The lowest BCUT2D eigenvalue weighted by atomic mass is 10.1. The highest BCUT2D eigenvalue weighted by Crippen LogP contribution is 2.17. The minimum Gasteiger partial charge on any atom is -0.324 e. The molecule has 0 aliphatic carbocycles. The summed E-state index contributed by atoms with van der Waals surface area (Å²) < 4.78 is 26.7. The maximum atomic E-state index is 12.1. The monoisotopic (exact) mass is 277 g/mol. The number of benzene rings is 1. The standard InChI is InChI=1S/C13H15N3O2S/c1-10(14)11-2-4-13(5-3-11)19(17,18)16-12-6-8-15-9-7-12/h2-10H,14H2,1H3,(H,15,16). The third kappa shape index (κ3) is 3.30. The van der Waals surface area contributed by atoms with E-state index in [-0.39, 0.29) is 10.9 Å². The van der Waals surface area contributed by atoms with Crippen molar-refractivity contribution < 1.29 is 8.42 Å². The van der Waals surface area contributed by atoms with Gasteiger partial charge in [-0.3, -0.25) is 9.71 Å². The highest BCUT2D eigenvalue weighted by Gasteiger charge is 2.14. The first kappa shape index (κ1) is 13.5. The molecule has 1 aromatic heterocycles. The minimum atomic E-state index is -3.57. The fourth-order valence-corrected chi connectivity index (χ4v) is 2.64. The summed E-state index contributed by atoms with van der Waals surface area (Å²) >= 11 is 0. The first-order chi connectivity index (χ1) is 8.99. The molecule has 1 heterocycles. The van der Waals surface area contributed by atoms with Gasteiger partial charge in [-0.05, 0) is 36.8 Å². The van der Waals surface area contributed by atoms with Crippen LogP contribution in [-0.2, 0) is 10.0 Å². The summed E-state index contributed by atoms with van der Waals surface area (Å²) in [6.07, 6.45) is 3.05. The van der Waals surface area contributed by atoms with E-state index in [1.54, 1.807) is 36.4 Å². The van der Waals surface area contributed by atoms with E-state index in [1.165, 1.54) is 12.4 Å². The van der Waals surface area contributed by atoms with Crippen LogP contribution in [0.3, 0.4) is 0 Å². The van der Waals surface area contributed by atoms with E-state index in [0.717, 1.165) is 5.56 Å². The molecule has 0 spiro atoms. The van der Waals surface area contributed by atoms with Crippen LogP contribution >= 0.6 is 0 Å². The topological polar surface area (TPSA) is 85.1 Å². The molecule has 0 fully saturated rings. The van der Waals surface area contributed by atoms with Crippen molar-refractivity contribution in [2.75, 3.05) is 4.72 Å². The van der Waals surface area contributed by atoms with Crippen LogP contribution in [0.25, 0.3) is 0 Å². The van der Waals surface area contributed by atoms with Crippen molar-refractivity contribution in [1.29, 1.82) is 0 Å². The summed E-state index contributed by atoms with van der Waals surface area (Å²) in [5.74, 6) is 0. The average molecular weight is 277 g/mol. The molecule has 0 aliphatic heterocycles. The molecule has 0 saturated carbocycles. The predicted molar refractivity (Wildman–Crippen MR) is 74.1 cm³/mol. The molecule has 100 valence electrons. The molecular formula is C13H15N3O2S. The third-order valence-corrected chi connectivity index (χ3v) is 4.05. The number of nitrogens with two attached hydrogens (primary N) is 1. The van der Waals surface area contributed by atoms with Gasteiger partial charge >= 0.3 is 0 Å². The van der Waals surface area contributed by atoms with Gasteiger partial charge in [-0.15, -0.1) is 0 Å². The summed E-state index contributed by atoms with van der Waals surface area (Å²) in [5.41, 5.74) is 7.09. The van der Waals surface area contributed by atoms with E-state index in [9.17, 15) is 8.42 Å². The lowest BCUT2D eigenvalue weighted by Crippen LogP contribution is -2.13. The smallest absolute Gasteiger partial charge is 0.261 e. The van der Waals surface area contributed by atoms with Crippen LogP contribution in [0.4, 0.5) is 5.69 Å². The van der Waals surface area contributed by atoms with Gasteiger partial charge in [0, 0.05) is 18.4 Å². The van der Waals surface area contributed by atoms with Gasteiger partial charge in [-0.25, -0.2) is 8.42 Å². The summed E-state index contributed by atoms with van der Waals surface area (Å²) in [6.45, 7) is 1.85. The first-order valence-electron chi connectivity index (χ1n) is 5.77. The van der Waals surface area contributed by atoms with Crippen LogP contribution < -0.4 is 10.5 Å². The SMILES string of the molecule is CC(N)c1ccc(S(=O)(=O)Nc2ccncc2)cc1. The Labute approximate surface area is 112 Å². The van der Waals surface area contributed by atoms with Crippen molar-refractivity contribution >= 4 is 15.7 Å². The summed E-state index contributed by atoms with van der Waals surface area (Å²) in [6, 6.07) is 9.58. The van der Waals surface area contributed by atoms with Gasteiger partial charge < -0.3 is 5.73 Å². The van der Waals surface area contributed by atoms with Crippen molar-refractivity contribution in [3.05, 3.63) is 54.4 Å². The normalized spacial score (nSPS) is 12.9. The fourth-order valence-electron chi connectivity index (χ4n) is 1.58. The number of hydrogen-bond donors (Lipinski definition) is 2. The molecule has 0 amide bonds. The molecule has 0 saturated heterocycles. The zero-order valence-corrected chi connectivity index (χ0v) is 11.3. The van der Waals surface area contributed by atoms with Gasteiger partial charge in [-0.2, -0.15) is 0 Å². The highest BCUT2D eigenvalue weighted by molar-refractivity contribution is 7.92. The molecule has 3 N–H and O–H groups in total. The van der Waals surface area contributed by atoms with Crippen molar-refractivity contribution in [3.8, 4) is 0 Å². The number of rotatable bonds is 4. The van der Waals surface area contributed by atoms with E-state index in [2.05, 4.69) is 9.71 Å². The van der Waals surface area contributed by atoms with Gasteiger partial charge in [0.25, 0.3) is 10.0 Å². The zero-order valence-electron chi connectivity index (χ0n) is 10.4. The van der Waals surface area contributed by atoms with E-state index in [1.807, 2.05) is 6.92 Å². The molecule has 1 atom stereocenters. The van der Waals surface area contributed by atoms with Crippen LogP contribution in [0.1, 0.15) is 18.5 Å². The zero-order chi connectivity index (χ0) is 13.9. The highest BCUT2D eigenvalue weighted by atomic mass is 32.2. The molecule has 5 nitrogen and oxygen atoms in total. The predicted octanol–water partition coefficient (Wildman–Crippen LogP) is 1.90. The Hall–Kier alpha value is -1.92. The maximum Gasteiger partial charge on any atom is 0.261 e. The van der Waals surface area contributed by atoms with Crippen molar-refractivity contribution in [2.45, 2.75) is 17.9 Å². The van der Waals surface area contributed by atoms with E-state index >= 15 is 0 Å². The van der Waals surface area contributed by atoms with Gasteiger partial charge in [0.2, 0.25) is 0 Å². The number of pyridine rings is 1. The lowest BCUT2D eigenvalue weighted by Gasteiger charge is -2.09. The van der Waals surface area contributed by atoms with Crippen molar-refractivity contribution in [1.82, 2.24) is 4.98 Å². The molecule has 2 rings (SSSR count). The molecule has 1 unspecified atom stereocenters. The Morgan fingerprint density at radius 2 is 1.68 bits per heavy atom. The number of nitrogens with one attached hydrogen (secondary N) is 1. The van der Waals surface area contributed by atoms with E-state index in [0.29, 0.717) is 5.69 Å². The first-order valence-corrected chi connectivity index (χ1v) is 7.26. The Kier molecular flexibility index (Phi) is 3.82. The molecular weight excluding hydrogens is 262 g/mol. The largest absolute Gasteiger partial charge is 0.324 e. The van der Waals surface area contributed by atoms with Crippen molar-refractivity contribution in [2.24, 2.45) is 5.73 Å². The molecule has 0 bridgehead atoms. The molecule has 6 heteroatoms. The van der Waals surface area contributed by atoms with Crippen LogP contribution in [0.15, 0.2) is 53.7 Å². The number of anilines is 1. The summed E-state index contributed by atoms with van der Waals surface area (Å²) in [5, 5.41) is 0. The molecule has 1 aromatic carbocycles. The molecule has 2 aromatic rings. The number of hydrogen-bond acceptors (Lipinski definition) is 4. The Morgan fingerprint density at radius 3 is 2.21 bits per heavy atom. The maximum absolute atomic E-state index is 12.1. The van der Waals surface area contributed by atoms with E-state index < -0.39 is 10.0 Å². The summed E-state index contributed by atoms with van der Waals surface area (Å²) in [4.78, 5) is 4.03. The molecule has 19 heavy (non-hydrogen) atoms. The second kappa shape index (κ2) is 5.38.